The summed E-state index contributed by atoms with van der Waals surface area (Å²) in [5.41, 5.74) is 11.4. The fraction of sp³-hybridized carbons (Fsp3) is 0.0175. The molecule has 13 rings (SSSR count). The Morgan fingerprint density at radius 2 is 0.794 bits per heavy atom. The zero-order valence-electron chi connectivity index (χ0n) is 34.0. The maximum Gasteiger partial charge on any atom is 0.104 e. The van der Waals surface area contributed by atoms with Crippen LogP contribution in [0.4, 0.5) is 0 Å². The van der Waals surface area contributed by atoms with Gasteiger partial charge in [0.15, 0.2) is 0 Å². The number of aromatic nitrogens is 3. The van der Waals surface area contributed by atoms with Gasteiger partial charge in [0.25, 0.3) is 0 Å². The summed E-state index contributed by atoms with van der Waals surface area (Å²) in [6.45, 7) is 2.09. The standard InChI is InChI=1S/C57H33N5S/c1-34-26-28-35(29-27-34)52-56(60-45-20-8-2-14-36(45)37-15-3-9-21-46(37)60)43(32-58)54(44(33-59)57(52)61-47-22-10-4-16-38(47)39-17-5-11-23-48(39)61)62-49-24-12-6-18-40(49)41-30-31-51-53(55(41)62)42-19-7-13-25-50(42)63-51/h2-31H,1H3. The lowest BCUT2D eigenvalue weighted by Gasteiger charge is -2.26. The molecule has 9 aromatic carbocycles. The third-order valence-electron chi connectivity index (χ3n) is 13.0. The highest BCUT2D eigenvalue weighted by Crippen LogP contribution is 2.50. The van der Waals surface area contributed by atoms with Crippen LogP contribution in [-0.4, -0.2) is 13.7 Å². The largest absolute Gasteiger partial charge is 0.307 e. The number of para-hydroxylation sites is 5. The molecule has 0 fully saturated rings. The predicted octanol–water partition coefficient (Wildman–Crippen LogP) is 15.1. The highest BCUT2D eigenvalue weighted by Gasteiger charge is 2.33. The minimum atomic E-state index is 0.414. The summed E-state index contributed by atoms with van der Waals surface area (Å²) in [6.07, 6.45) is 0. The first-order valence-electron chi connectivity index (χ1n) is 21.1. The van der Waals surface area contributed by atoms with E-state index < -0.39 is 0 Å². The number of hydrogen-bond donors (Lipinski definition) is 0. The third kappa shape index (κ3) is 4.79. The van der Waals surface area contributed by atoms with Crippen molar-refractivity contribution in [3.05, 3.63) is 199 Å². The predicted molar refractivity (Wildman–Crippen MR) is 262 cm³/mol. The van der Waals surface area contributed by atoms with Gasteiger partial charge in [0, 0.05) is 58.1 Å². The van der Waals surface area contributed by atoms with Gasteiger partial charge in [-0.3, -0.25) is 0 Å². The average molecular weight is 820 g/mol. The average Bonchev–Trinajstić information content (AvgIpc) is 4.07. The topological polar surface area (TPSA) is 62.4 Å². The summed E-state index contributed by atoms with van der Waals surface area (Å²) in [5.74, 6) is 0. The van der Waals surface area contributed by atoms with E-state index in [1.54, 1.807) is 11.3 Å². The number of thiophene rings is 1. The summed E-state index contributed by atoms with van der Waals surface area (Å²) < 4.78 is 9.14. The lowest BCUT2D eigenvalue weighted by atomic mass is 9.91. The quantitative estimate of drug-likeness (QED) is 0.178. The first-order chi connectivity index (χ1) is 31.1. The molecular weight excluding hydrogens is 787 g/mol. The van der Waals surface area contributed by atoms with Crippen molar-refractivity contribution in [1.29, 1.82) is 10.5 Å². The van der Waals surface area contributed by atoms with Crippen molar-refractivity contribution in [2.45, 2.75) is 6.92 Å². The number of nitriles is 2. The molecule has 63 heavy (non-hydrogen) atoms. The van der Waals surface area contributed by atoms with Gasteiger partial charge in [-0.05, 0) is 55.0 Å². The Labute approximate surface area is 365 Å². The maximum absolute atomic E-state index is 12.1. The Bertz CT molecular complexity index is 3920. The van der Waals surface area contributed by atoms with Crippen LogP contribution in [0.5, 0.6) is 0 Å². The molecule has 0 radical (unpaired) electrons. The molecule has 0 bridgehead atoms. The van der Waals surface area contributed by atoms with Crippen LogP contribution in [-0.2, 0) is 0 Å². The normalized spacial score (nSPS) is 11.9. The molecule has 0 aliphatic rings. The Morgan fingerprint density at radius 1 is 0.381 bits per heavy atom. The summed E-state index contributed by atoms with van der Waals surface area (Å²) in [6, 6.07) is 69.4. The third-order valence-corrected chi connectivity index (χ3v) is 14.1. The van der Waals surface area contributed by atoms with E-state index in [4.69, 9.17) is 0 Å². The van der Waals surface area contributed by atoms with Crippen LogP contribution >= 0.6 is 11.3 Å². The van der Waals surface area contributed by atoms with E-state index >= 15 is 0 Å². The molecule has 4 heterocycles. The van der Waals surface area contributed by atoms with Crippen LogP contribution in [0, 0.1) is 29.6 Å². The second kappa shape index (κ2) is 13.3. The van der Waals surface area contributed by atoms with Gasteiger partial charge in [-0.1, -0.05) is 145 Å². The Morgan fingerprint density at radius 3 is 1.27 bits per heavy atom. The van der Waals surface area contributed by atoms with E-state index in [1.165, 1.54) is 4.70 Å². The molecular formula is C57H33N5S. The summed E-state index contributed by atoms with van der Waals surface area (Å²) in [7, 11) is 0. The Balaban J connectivity index is 1.37. The van der Waals surface area contributed by atoms with Gasteiger partial charge in [-0.25, -0.2) is 0 Å². The molecule has 0 saturated carbocycles. The Kier molecular flexibility index (Phi) is 7.46. The lowest BCUT2D eigenvalue weighted by Crippen LogP contribution is -2.14. The number of hydrogen-bond acceptors (Lipinski definition) is 3. The Hall–Kier alpha value is -8.42. The number of benzene rings is 9. The van der Waals surface area contributed by atoms with Gasteiger partial charge in [0.1, 0.15) is 23.3 Å². The van der Waals surface area contributed by atoms with Crippen LogP contribution in [0.2, 0.25) is 0 Å². The summed E-state index contributed by atoms with van der Waals surface area (Å²) in [4.78, 5) is 0. The molecule has 4 aromatic heterocycles. The van der Waals surface area contributed by atoms with Gasteiger partial charge in [0.05, 0.1) is 50.2 Å². The molecule has 13 aromatic rings. The fourth-order valence-corrected chi connectivity index (χ4v) is 11.5. The summed E-state index contributed by atoms with van der Waals surface area (Å²) in [5, 5.41) is 33.0. The van der Waals surface area contributed by atoms with Crippen molar-refractivity contribution in [3.63, 3.8) is 0 Å². The monoisotopic (exact) mass is 819 g/mol. The highest BCUT2D eigenvalue weighted by atomic mass is 32.1. The molecule has 5 nitrogen and oxygen atoms in total. The van der Waals surface area contributed by atoms with Gasteiger partial charge >= 0.3 is 0 Å². The molecule has 0 unspecified atom stereocenters. The second-order valence-electron chi connectivity index (χ2n) is 16.3. The smallest absolute Gasteiger partial charge is 0.104 e. The number of aryl methyl sites for hydroxylation is 1. The van der Waals surface area contributed by atoms with Crippen molar-refractivity contribution < 1.29 is 0 Å². The zero-order chi connectivity index (χ0) is 41.9. The molecule has 0 aliphatic carbocycles. The highest BCUT2D eigenvalue weighted by molar-refractivity contribution is 7.26. The van der Waals surface area contributed by atoms with Gasteiger partial charge < -0.3 is 13.7 Å². The lowest BCUT2D eigenvalue weighted by molar-refractivity contribution is 1.08. The molecule has 0 atom stereocenters. The van der Waals surface area contributed by atoms with E-state index in [0.717, 1.165) is 109 Å². The van der Waals surface area contributed by atoms with Crippen LogP contribution < -0.4 is 0 Å². The first-order valence-corrected chi connectivity index (χ1v) is 21.9. The minimum Gasteiger partial charge on any atom is -0.307 e. The SMILES string of the molecule is Cc1ccc(-c2c(-n3c4ccccc4c4ccccc43)c(C#N)c(-n3c4ccccc4c4ccc5sc6ccccc6c5c43)c(C#N)c2-n2c3ccccc3c3ccccc32)cc1. The van der Waals surface area contributed by atoms with E-state index in [1.807, 2.05) is 0 Å². The van der Waals surface area contributed by atoms with Crippen LogP contribution in [0.3, 0.4) is 0 Å². The van der Waals surface area contributed by atoms with Crippen LogP contribution in [0.15, 0.2) is 182 Å². The molecule has 0 spiro atoms. The molecule has 0 amide bonds. The van der Waals surface area contributed by atoms with Gasteiger partial charge in [-0.15, -0.1) is 11.3 Å². The number of nitrogens with zero attached hydrogens (tertiary/aromatic N) is 5. The van der Waals surface area contributed by atoms with Crippen molar-refractivity contribution in [3.8, 4) is 40.3 Å². The van der Waals surface area contributed by atoms with E-state index in [0.29, 0.717) is 16.8 Å². The molecule has 0 N–H and O–H groups in total. The maximum atomic E-state index is 12.1. The molecule has 0 aliphatic heterocycles. The van der Waals surface area contributed by atoms with Crippen LogP contribution in [0.25, 0.3) is 114 Å². The van der Waals surface area contributed by atoms with Gasteiger partial charge in [0.2, 0.25) is 0 Å². The number of rotatable bonds is 4. The van der Waals surface area contributed by atoms with E-state index in [-0.39, 0.29) is 0 Å². The minimum absolute atomic E-state index is 0.414. The van der Waals surface area contributed by atoms with Crippen molar-refractivity contribution >= 4 is 96.9 Å². The molecule has 6 heteroatoms. The summed E-state index contributed by atoms with van der Waals surface area (Å²) >= 11 is 1.77. The molecule has 292 valence electrons. The van der Waals surface area contributed by atoms with Crippen LogP contribution in [0.1, 0.15) is 16.7 Å². The van der Waals surface area contributed by atoms with Gasteiger partial charge in [-0.2, -0.15) is 10.5 Å². The second-order valence-corrected chi connectivity index (χ2v) is 17.4. The van der Waals surface area contributed by atoms with Crippen molar-refractivity contribution in [2.24, 2.45) is 0 Å². The fourth-order valence-electron chi connectivity index (χ4n) is 10.4. The number of fused-ring (bicyclic) bond motifs is 13. The zero-order valence-corrected chi connectivity index (χ0v) is 34.8. The van der Waals surface area contributed by atoms with Crippen molar-refractivity contribution in [1.82, 2.24) is 13.7 Å². The van der Waals surface area contributed by atoms with E-state index in [2.05, 4.69) is 215 Å². The van der Waals surface area contributed by atoms with Crippen molar-refractivity contribution in [2.75, 3.05) is 0 Å². The molecule has 0 saturated heterocycles. The first kappa shape index (κ1) is 35.3. The van der Waals surface area contributed by atoms with E-state index in [9.17, 15) is 10.5 Å².